The Morgan fingerprint density at radius 3 is 2.48 bits per heavy atom. The SMILES string of the molecule is CN=C(NCc1cccc(F)c1)NCC(C)(C)N(C)C.I. The second kappa shape index (κ2) is 9.19. The third-order valence-corrected chi connectivity index (χ3v) is 3.47. The van der Waals surface area contributed by atoms with E-state index in [2.05, 4.69) is 34.4 Å². The third kappa shape index (κ3) is 7.08. The maximum absolute atomic E-state index is 13.1. The molecule has 1 aromatic rings. The van der Waals surface area contributed by atoms with Gasteiger partial charge in [0.15, 0.2) is 5.96 Å². The van der Waals surface area contributed by atoms with E-state index >= 15 is 0 Å². The van der Waals surface area contributed by atoms with Crippen LogP contribution in [0.15, 0.2) is 29.3 Å². The number of nitrogens with one attached hydrogen (secondary N) is 2. The van der Waals surface area contributed by atoms with Gasteiger partial charge in [0, 0.05) is 25.7 Å². The number of hydrogen-bond acceptors (Lipinski definition) is 2. The molecule has 0 unspecified atom stereocenters. The molecule has 0 aliphatic heterocycles. The van der Waals surface area contributed by atoms with Crippen molar-refractivity contribution < 1.29 is 4.39 Å². The van der Waals surface area contributed by atoms with Crippen molar-refractivity contribution in [2.45, 2.75) is 25.9 Å². The first-order chi connectivity index (χ1) is 9.35. The molecule has 6 heteroatoms. The molecule has 2 N–H and O–H groups in total. The van der Waals surface area contributed by atoms with Crippen LogP contribution in [0, 0.1) is 5.82 Å². The summed E-state index contributed by atoms with van der Waals surface area (Å²) >= 11 is 0. The van der Waals surface area contributed by atoms with Gasteiger partial charge in [0.25, 0.3) is 0 Å². The van der Waals surface area contributed by atoms with Crippen molar-refractivity contribution >= 4 is 29.9 Å². The van der Waals surface area contributed by atoms with Crippen LogP contribution in [0.25, 0.3) is 0 Å². The lowest BCUT2D eigenvalue weighted by molar-refractivity contribution is 0.197. The van der Waals surface area contributed by atoms with Gasteiger partial charge in [0.1, 0.15) is 5.82 Å². The highest BCUT2D eigenvalue weighted by atomic mass is 127. The maximum Gasteiger partial charge on any atom is 0.191 e. The van der Waals surface area contributed by atoms with Gasteiger partial charge < -0.3 is 15.5 Å². The Morgan fingerprint density at radius 2 is 1.95 bits per heavy atom. The number of benzene rings is 1. The quantitative estimate of drug-likeness (QED) is 0.447. The molecule has 0 saturated heterocycles. The molecule has 0 fully saturated rings. The molecule has 0 bridgehead atoms. The fourth-order valence-corrected chi connectivity index (χ4v) is 1.51. The first-order valence-electron chi connectivity index (χ1n) is 6.71. The van der Waals surface area contributed by atoms with Crippen LogP contribution < -0.4 is 10.6 Å². The minimum atomic E-state index is -0.221. The van der Waals surface area contributed by atoms with E-state index in [-0.39, 0.29) is 35.3 Å². The highest BCUT2D eigenvalue weighted by molar-refractivity contribution is 14.0. The van der Waals surface area contributed by atoms with E-state index in [1.165, 1.54) is 12.1 Å². The van der Waals surface area contributed by atoms with Crippen LogP contribution in [0.4, 0.5) is 4.39 Å². The van der Waals surface area contributed by atoms with Gasteiger partial charge in [-0.2, -0.15) is 0 Å². The molecule has 0 aromatic heterocycles. The van der Waals surface area contributed by atoms with Gasteiger partial charge in [-0.25, -0.2) is 4.39 Å². The smallest absolute Gasteiger partial charge is 0.191 e. The number of nitrogens with zero attached hydrogens (tertiary/aromatic N) is 2. The van der Waals surface area contributed by atoms with E-state index in [4.69, 9.17) is 0 Å². The van der Waals surface area contributed by atoms with E-state index < -0.39 is 0 Å². The third-order valence-electron chi connectivity index (χ3n) is 3.47. The zero-order valence-electron chi connectivity index (χ0n) is 13.4. The molecule has 0 saturated carbocycles. The van der Waals surface area contributed by atoms with E-state index in [1.807, 2.05) is 20.2 Å². The topological polar surface area (TPSA) is 39.7 Å². The van der Waals surface area contributed by atoms with Crippen molar-refractivity contribution in [3.63, 3.8) is 0 Å². The Kier molecular flexibility index (Phi) is 8.80. The van der Waals surface area contributed by atoms with Crippen LogP contribution in [0.1, 0.15) is 19.4 Å². The second-order valence-corrected chi connectivity index (χ2v) is 5.62. The number of likely N-dealkylation sites (N-methyl/N-ethyl adjacent to an activating group) is 1. The van der Waals surface area contributed by atoms with Gasteiger partial charge in [-0.1, -0.05) is 12.1 Å². The molecule has 1 aromatic carbocycles. The summed E-state index contributed by atoms with van der Waals surface area (Å²) in [7, 11) is 5.82. The zero-order chi connectivity index (χ0) is 15.2. The lowest BCUT2D eigenvalue weighted by Gasteiger charge is -2.33. The lowest BCUT2D eigenvalue weighted by atomic mass is 10.0. The summed E-state index contributed by atoms with van der Waals surface area (Å²) in [4.78, 5) is 6.32. The molecule has 0 aliphatic carbocycles. The summed E-state index contributed by atoms with van der Waals surface area (Å²) in [6, 6.07) is 6.55. The standard InChI is InChI=1S/C15H25FN4.HI/c1-15(2,20(4)5)11-19-14(17-3)18-10-12-7-6-8-13(16)9-12;/h6-9H,10-11H2,1-5H3,(H2,17,18,19);1H. The first-order valence-corrected chi connectivity index (χ1v) is 6.71. The summed E-state index contributed by atoms with van der Waals surface area (Å²) in [6.45, 7) is 5.61. The monoisotopic (exact) mass is 408 g/mol. The molecule has 0 spiro atoms. The fourth-order valence-electron chi connectivity index (χ4n) is 1.51. The van der Waals surface area contributed by atoms with Crippen molar-refractivity contribution in [1.29, 1.82) is 0 Å². The van der Waals surface area contributed by atoms with Crippen LogP contribution in [0.5, 0.6) is 0 Å². The Bertz CT molecular complexity index is 461. The van der Waals surface area contributed by atoms with Crippen LogP contribution in [-0.4, -0.2) is 44.1 Å². The fraction of sp³-hybridized carbons (Fsp3) is 0.533. The van der Waals surface area contributed by atoms with Gasteiger partial charge in [-0.05, 0) is 45.6 Å². The minimum Gasteiger partial charge on any atom is -0.355 e. The summed E-state index contributed by atoms with van der Waals surface area (Å²) in [5, 5.41) is 6.46. The minimum absolute atomic E-state index is 0. The Balaban J connectivity index is 0.00000400. The van der Waals surface area contributed by atoms with Crippen molar-refractivity contribution in [1.82, 2.24) is 15.5 Å². The van der Waals surface area contributed by atoms with Gasteiger partial charge in [-0.3, -0.25) is 4.99 Å². The van der Waals surface area contributed by atoms with Crippen molar-refractivity contribution in [3.8, 4) is 0 Å². The van der Waals surface area contributed by atoms with Crippen molar-refractivity contribution in [2.24, 2.45) is 4.99 Å². The number of hydrogen-bond donors (Lipinski definition) is 2. The molecule has 21 heavy (non-hydrogen) atoms. The highest BCUT2D eigenvalue weighted by Crippen LogP contribution is 2.07. The van der Waals surface area contributed by atoms with Gasteiger partial charge in [-0.15, -0.1) is 24.0 Å². The van der Waals surface area contributed by atoms with Gasteiger partial charge >= 0.3 is 0 Å². The molecule has 1 rings (SSSR count). The Hall–Kier alpha value is -0.890. The van der Waals surface area contributed by atoms with Crippen molar-refractivity contribution in [3.05, 3.63) is 35.6 Å². The zero-order valence-corrected chi connectivity index (χ0v) is 15.7. The van der Waals surface area contributed by atoms with E-state index in [9.17, 15) is 4.39 Å². The summed E-state index contributed by atoms with van der Waals surface area (Å²) in [5.41, 5.74) is 0.913. The van der Waals surface area contributed by atoms with Gasteiger partial charge in [0.05, 0.1) is 0 Å². The summed E-state index contributed by atoms with van der Waals surface area (Å²) in [5.74, 6) is 0.491. The normalized spacial score (nSPS) is 12.0. The molecule has 0 radical (unpaired) electrons. The molecule has 4 nitrogen and oxygen atoms in total. The molecule has 0 atom stereocenters. The number of rotatable bonds is 5. The molecule has 120 valence electrons. The average Bonchev–Trinajstić information content (AvgIpc) is 2.38. The van der Waals surface area contributed by atoms with E-state index in [0.717, 1.165) is 12.1 Å². The highest BCUT2D eigenvalue weighted by Gasteiger charge is 2.20. The summed E-state index contributed by atoms with van der Waals surface area (Å²) in [6.07, 6.45) is 0. The average molecular weight is 408 g/mol. The van der Waals surface area contributed by atoms with Crippen LogP contribution in [0.2, 0.25) is 0 Å². The van der Waals surface area contributed by atoms with Crippen LogP contribution in [-0.2, 0) is 6.54 Å². The number of guanidine groups is 1. The molecular weight excluding hydrogens is 382 g/mol. The van der Waals surface area contributed by atoms with Crippen molar-refractivity contribution in [2.75, 3.05) is 27.7 Å². The number of halogens is 2. The summed E-state index contributed by atoms with van der Waals surface area (Å²) < 4.78 is 13.1. The maximum atomic E-state index is 13.1. The Labute approximate surface area is 144 Å². The first kappa shape index (κ1) is 20.1. The van der Waals surface area contributed by atoms with Gasteiger partial charge in [0.2, 0.25) is 0 Å². The Morgan fingerprint density at radius 1 is 1.29 bits per heavy atom. The van der Waals surface area contributed by atoms with E-state index in [0.29, 0.717) is 12.5 Å². The lowest BCUT2D eigenvalue weighted by Crippen LogP contribution is -2.50. The largest absolute Gasteiger partial charge is 0.355 e. The van der Waals surface area contributed by atoms with Crippen LogP contribution in [0.3, 0.4) is 0 Å². The van der Waals surface area contributed by atoms with E-state index in [1.54, 1.807) is 13.1 Å². The predicted molar refractivity (Wildman–Crippen MR) is 97.8 cm³/mol. The second-order valence-electron chi connectivity index (χ2n) is 5.62. The molecule has 0 heterocycles. The molecule has 0 amide bonds. The van der Waals surface area contributed by atoms with Crippen LogP contribution >= 0.6 is 24.0 Å². The molecule has 0 aliphatic rings. The predicted octanol–water partition coefficient (Wildman–Crippen LogP) is 2.45. The molecular formula is C15H26FIN4. The number of aliphatic imine (C=N–C) groups is 1.